The van der Waals surface area contributed by atoms with Crippen LogP contribution < -0.4 is 5.32 Å². The molecule has 0 fully saturated rings. The zero-order valence-corrected chi connectivity index (χ0v) is 24.0. The molecule has 5 nitrogen and oxygen atoms in total. The van der Waals surface area contributed by atoms with Crippen LogP contribution in [0, 0.1) is 0 Å². The van der Waals surface area contributed by atoms with Crippen LogP contribution in [-0.2, 0) is 19.8 Å². The average Bonchev–Trinajstić information content (AvgIpc) is 3.40. The van der Waals surface area contributed by atoms with E-state index in [0.29, 0.717) is 26.4 Å². The van der Waals surface area contributed by atoms with Crippen molar-refractivity contribution in [3.8, 4) is 11.1 Å². The largest absolute Gasteiger partial charge is 0.449 e. The third-order valence-electron chi connectivity index (χ3n) is 7.95. The quantitative estimate of drug-likeness (QED) is 0.125. The topological polar surface area (TPSA) is 56.8 Å². The Labute approximate surface area is 253 Å². The molecule has 43 heavy (non-hydrogen) atoms. The minimum absolute atomic E-state index is 0.0330. The van der Waals surface area contributed by atoms with Crippen LogP contribution in [-0.4, -0.2) is 39.1 Å². The predicted molar refractivity (Wildman–Crippen MR) is 169 cm³/mol. The second-order valence-corrected chi connectivity index (χ2v) is 10.5. The van der Waals surface area contributed by atoms with E-state index in [0.717, 1.165) is 16.7 Å². The van der Waals surface area contributed by atoms with E-state index in [4.69, 9.17) is 14.2 Å². The number of nitrogens with one attached hydrogen (secondary N) is 1. The van der Waals surface area contributed by atoms with Crippen LogP contribution in [0.4, 0.5) is 4.79 Å². The Morgan fingerprint density at radius 2 is 1.05 bits per heavy atom. The number of hydrogen-bond donors (Lipinski definition) is 1. The fraction of sp³-hybridized carbons (Fsp3) is 0.184. The molecule has 6 rings (SSSR count). The standard InChI is InChI=1S/C38H35NO4/c40-37(42-28-36-34-22-12-10-20-32(34)33-21-11-13-23-35(33)36)39-24-25-41-26-27-43-38(29-14-4-1-5-15-29,30-16-6-2-7-17-30)31-18-8-3-9-19-31/h1-23,36H,24-28H2,(H,39,40). The molecule has 1 N–H and O–H groups in total. The minimum atomic E-state index is -0.785. The van der Waals surface area contributed by atoms with Gasteiger partial charge in [0.15, 0.2) is 0 Å². The fourth-order valence-corrected chi connectivity index (χ4v) is 6.00. The van der Waals surface area contributed by atoms with Gasteiger partial charge in [0.05, 0.1) is 19.8 Å². The Hall–Kier alpha value is -4.71. The highest BCUT2D eigenvalue weighted by Gasteiger charge is 2.37. The van der Waals surface area contributed by atoms with Crippen LogP contribution in [0.15, 0.2) is 140 Å². The summed E-state index contributed by atoms with van der Waals surface area (Å²) in [4.78, 5) is 12.5. The highest BCUT2D eigenvalue weighted by Crippen LogP contribution is 2.44. The molecule has 0 radical (unpaired) electrons. The fourth-order valence-electron chi connectivity index (χ4n) is 6.00. The van der Waals surface area contributed by atoms with Gasteiger partial charge in [-0.3, -0.25) is 0 Å². The molecule has 0 heterocycles. The van der Waals surface area contributed by atoms with E-state index in [2.05, 4.69) is 66.0 Å². The Morgan fingerprint density at radius 1 is 0.581 bits per heavy atom. The van der Waals surface area contributed by atoms with Gasteiger partial charge in [-0.25, -0.2) is 4.79 Å². The molecular formula is C38H35NO4. The molecule has 0 spiro atoms. The molecule has 0 unspecified atom stereocenters. The summed E-state index contributed by atoms with van der Waals surface area (Å²) in [7, 11) is 0. The molecule has 1 amide bonds. The predicted octanol–water partition coefficient (Wildman–Crippen LogP) is 7.55. The van der Waals surface area contributed by atoms with Crippen LogP contribution in [0.1, 0.15) is 33.7 Å². The van der Waals surface area contributed by atoms with Crippen LogP contribution in [0.25, 0.3) is 11.1 Å². The zero-order chi connectivity index (χ0) is 29.3. The number of ether oxygens (including phenoxy) is 3. The Kier molecular flexibility index (Phi) is 8.93. The third-order valence-corrected chi connectivity index (χ3v) is 7.95. The first-order valence-corrected chi connectivity index (χ1v) is 14.7. The van der Waals surface area contributed by atoms with E-state index in [1.807, 2.05) is 78.9 Å². The van der Waals surface area contributed by atoms with Crippen molar-refractivity contribution in [2.24, 2.45) is 0 Å². The molecule has 0 aliphatic heterocycles. The molecular weight excluding hydrogens is 534 g/mol. The second-order valence-electron chi connectivity index (χ2n) is 10.5. The van der Waals surface area contributed by atoms with Crippen molar-refractivity contribution in [1.82, 2.24) is 5.32 Å². The van der Waals surface area contributed by atoms with Crippen LogP contribution >= 0.6 is 0 Å². The smallest absolute Gasteiger partial charge is 0.407 e. The maximum Gasteiger partial charge on any atom is 0.407 e. The van der Waals surface area contributed by atoms with E-state index < -0.39 is 11.7 Å². The van der Waals surface area contributed by atoms with Crippen molar-refractivity contribution in [1.29, 1.82) is 0 Å². The summed E-state index contributed by atoms with van der Waals surface area (Å²) in [6.45, 7) is 1.72. The first-order valence-electron chi connectivity index (χ1n) is 14.7. The van der Waals surface area contributed by atoms with E-state index >= 15 is 0 Å². The van der Waals surface area contributed by atoms with Gasteiger partial charge in [-0.15, -0.1) is 0 Å². The number of benzene rings is 5. The Bertz CT molecular complexity index is 1480. The summed E-state index contributed by atoms with van der Waals surface area (Å²) in [5.74, 6) is 0.0330. The first-order chi connectivity index (χ1) is 21.3. The zero-order valence-electron chi connectivity index (χ0n) is 24.0. The van der Waals surface area contributed by atoms with Gasteiger partial charge in [0.25, 0.3) is 0 Å². The molecule has 1 aliphatic carbocycles. The summed E-state index contributed by atoms with van der Waals surface area (Å²) < 4.78 is 18.2. The molecule has 1 aliphatic rings. The van der Waals surface area contributed by atoms with Crippen molar-refractivity contribution in [2.45, 2.75) is 11.5 Å². The van der Waals surface area contributed by atoms with Gasteiger partial charge in [-0.05, 0) is 38.9 Å². The number of carbonyl (C=O) groups excluding carboxylic acids is 1. The molecule has 0 aromatic heterocycles. The highest BCUT2D eigenvalue weighted by atomic mass is 16.6. The molecule has 5 heteroatoms. The van der Waals surface area contributed by atoms with Gasteiger partial charge in [-0.2, -0.15) is 0 Å². The maximum absolute atomic E-state index is 12.5. The summed E-state index contributed by atoms with van der Waals surface area (Å²) >= 11 is 0. The first kappa shape index (κ1) is 28.4. The van der Waals surface area contributed by atoms with Crippen molar-refractivity contribution >= 4 is 6.09 Å². The van der Waals surface area contributed by atoms with Gasteiger partial charge in [0.1, 0.15) is 12.2 Å². The lowest BCUT2D eigenvalue weighted by atomic mass is 9.80. The molecule has 0 bridgehead atoms. The number of hydrogen-bond acceptors (Lipinski definition) is 4. The number of rotatable bonds is 12. The van der Waals surface area contributed by atoms with Gasteiger partial charge >= 0.3 is 6.09 Å². The highest BCUT2D eigenvalue weighted by molar-refractivity contribution is 5.79. The summed E-state index contributed by atoms with van der Waals surface area (Å²) in [6, 6.07) is 47.4. The number of fused-ring (bicyclic) bond motifs is 3. The lowest BCUT2D eigenvalue weighted by molar-refractivity contribution is -0.0231. The lowest BCUT2D eigenvalue weighted by Gasteiger charge is -2.36. The van der Waals surface area contributed by atoms with Gasteiger partial charge in [0, 0.05) is 12.5 Å². The number of alkyl carbamates (subject to hydrolysis) is 1. The molecule has 0 saturated carbocycles. The van der Waals surface area contributed by atoms with E-state index in [-0.39, 0.29) is 12.5 Å². The van der Waals surface area contributed by atoms with Crippen LogP contribution in [0.2, 0.25) is 0 Å². The molecule has 5 aromatic carbocycles. The Balaban J connectivity index is 1.01. The maximum atomic E-state index is 12.5. The van der Waals surface area contributed by atoms with E-state index in [1.54, 1.807) is 0 Å². The normalized spacial score (nSPS) is 12.4. The van der Waals surface area contributed by atoms with Gasteiger partial charge in [0.2, 0.25) is 0 Å². The van der Waals surface area contributed by atoms with E-state index in [9.17, 15) is 4.79 Å². The number of amides is 1. The summed E-state index contributed by atoms with van der Waals surface area (Å²) in [6.07, 6.45) is -0.446. The summed E-state index contributed by atoms with van der Waals surface area (Å²) in [5, 5.41) is 2.81. The Morgan fingerprint density at radius 3 is 1.56 bits per heavy atom. The third kappa shape index (κ3) is 6.09. The SMILES string of the molecule is O=C(NCCOCCOC(c1ccccc1)(c1ccccc1)c1ccccc1)OCC1c2ccccc2-c2ccccc21. The molecule has 216 valence electrons. The van der Waals surface area contributed by atoms with Crippen molar-refractivity contribution in [3.63, 3.8) is 0 Å². The summed E-state index contributed by atoms with van der Waals surface area (Å²) in [5.41, 5.74) is 7.15. The van der Waals surface area contributed by atoms with Gasteiger partial charge in [-0.1, -0.05) is 140 Å². The van der Waals surface area contributed by atoms with Crippen molar-refractivity contribution in [3.05, 3.63) is 167 Å². The second kappa shape index (κ2) is 13.5. The van der Waals surface area contributed by atoms with E-state index in [1.165, 1.54) is 22.3 Å². The van der Waals surface area contributed by atoms with Crippen LogP contribution in [0.5, 0.6) is 0 Å². The monoisotopic (exact) mass is 569 g/mol. The molecule has 0 saturated heterocycles. The lowest BCUT2D eigenvalue weighted by Crippen LogP contribution is -2.34. The van der Waals surface area contributed by atoms with Crippen LogP contribution in [0.3, 0.4) is 0 Å². The molecule has 5 aromatic rings. The van der Waals surface area contributed by atoms with Crippen molar-refractivity contribution in [2.75, 3.05) is 33.0 Å². The average molecular weight is 570 g/mol. The number of carbonyl (C=O) groups is 1. The molecule has 0 atom stereocenters. The van der Waals surface area contributed by atoms with Gasteiger partial charge < -0.3 is 19.5 Å². The van der Waals surface area contributed by atoms with Crippen molar-refractivity contribution < 1.29 is 19.0 Å². The minimum Gasteiger partial charge on any atom is -0.449 e.